The Hall–Kier alpha value is -1.49. The van der Waals surface area contributed by atoms with Crippen LogP contribution in [-0.4, -0.2) is 24.8 Å². The topological polar surface area (TPSA) is 31.4 Å². The molecule has 0 N–H and O–H groups in total. The molecule has 1 aromatic heterocycles. The highest BCUT2D eigenvalue weighted by atomic mass is 35.5. The lowest BCUT2D eigenvalue weighted by molar-refractivity contribution is -0.140. The third-order valence-electron chi connectivity index (χ3n) is 3.38. The average Bonchev–Trinajstić information content (AvgIpc) is 2.49. The lowest BCUT2D eigenvalue weighted by Crippen LogP contribution is -2.41. The van der Waals surface area contributed by atoms with E-state index in [0.29, 0.717) is 25.0 Å². The van der Waals surface area contributed by atoms with E-state index >= 15 is 0 Å². The average molecular weight is 294 g/mol. The number of benzene rings is 1. The second-order valence-electron chi connectivity index (χ2n) is 4.60. The highest BCUT2D eigenvalue weighted by Gasteiger charge is 2.38. The Bertz CT molecular complexity index is 597. The van der Waals surface area contributed by atoms with Gasteiger partial charge in [-0.15, -0.1) is 0 Å². The molecule has 1 fully saturated rings. The third kappa shape index (κ3) is 2.42. The maximum atomic E-state index is 13.1. The molecule has 1 aromatic carbocycles. The van der Waals surface area contributed by atoms with Gasteiger partial charge in [-0.2, -0.15) is 0 Å². The second kappa shape index (κ2) is 5.48. The number of rotatable bonds is 2. The van der Waals surface area contributed by atoms with Crippen molar-refractivity contribution in [2.45, 2.75) is 5.60 Å². The van der Waals surface area contributed by atoms with Crippen LogP contribution in [0, 0.1) is 5.82 Å². The largest absolute Gasteiger partial charge is 0.375 e. The van der Waals surface area contributed by atoms with Gasteiger partial charge >= 0.3 is 0 Å². The summed E-state index contributed by atoms with van der Waals surface area (Å²) >= 11 is 5.97. The van der Waals surface area contributed by atoms with Crippen LogP contribution in [0.4, 0.5) is 4.39 Å². The smallest absolute Gasteiger partial charge is 0.142 e. The fourth-order valence-electron chi connectivity index (χ4n) is 2.41. The first-order chi connectivity index (χ1) is 9.71. The van der Waals surface area contributed by atoms with Gasteiger partial charge in [0.05, 0.1) is 19.8 Å². The van der Waals surface area contributed by atoms with Gasteiger partial charge in [-0.3, -0.25) is 0 Å². The summed E-state index contributed by atoms with van der Waals surface area (Å²) in [4.78, 5) is 3.98. The SMILES string of the molecule is Fc1ccc(C2(c3ccnc(Cl)c3)COCCO2)cc1. The predicted molar refractivity (Wildman–Crippen MR) is 73.2 cm³/mol. The summed E-state index contributed by atoms with van der Waals surface area (Å²) in [7, 11) is 0. The van der Waals surface area contributed by atoms with Crippen LogP contribution in [0.2, 0.25) is 5.15 Å². The van der Waals surface area contributed by atoms with Crippen molar-refractivity contribution in [3.05, 3.63) is 64.7 Å². The van der Waals surface area contributed by atoms with Crippen LogP contribution < -0.4 is 0 Å². The van der Waals surface area contributed by atoms with Crippen molar-refractivity contribution in [3.8, 4) is 0 Å². The van der Waals surface area contributed by atoms with E-state index < -0.39 is 5.60 Å². The number of pyridine rings is 1. The molecule has 2 heterocycles. The van der Waals surface area contributed by atoms with Crippen LogP contribution in [0.3, 0.4) is 0 Å². The predicted octanol–water partition coefficient (Wildman–Crippen LogP) is 3.16. The molecule has 1 saturated heterocycles. The Kier molecular flexibility index (Phi) is 3.70. The fourth-order valence-corrected chi connectivity index (χ4v) is 2.58. The summed E-state index contributed by atoms with van der Waals surface area (Å²) in [6.07, 6.45) is 1.63. The Labute approximate surface area is 121 Å². The lowest BCUT2D eigenvalue weighted by atomic mass is 9.86. The highest BCUT2D eigenvalue weighted by Crippen LogP contribution is 2.36. The molecule has 0 radical (unpaired) electrons. The van der Waals surface area contributed by atoms with Crippen LogP contribution in [0.15, 0.2) is 42.6 Å². The van der Waals surface area contributed by atoms with Crippen molar-refractivity contribution < 1.29 is 13.9 Å². The van der Waals surface area contributed by atoms with Gasteiger partial charge in [0.1, 0.15) is 16.6 Å². The molecule has 20 heavy (non-hydrogen) atoms. The van der Waals surface area contributed by atoms with E-state index in [0.717, 1.165) is 11.1 Å². The number of aromatic nitrogens is 1. The number of hydrogen-bond acceptors (Lipinski definition) is 3. The number of nitrogens with zero attached hydrogens (tertiary/aromatic N) is 1. The zero-order valence-electron chi connectivity index (χ0n) is 10.7. The third-order valence-corrected chi connectivity index (χ3v) is 3.59. The second-order valence-corrected chi connectivity index (χ2v) is 4.99. The first kappa shape index (κ1) is 13.5. The maximum Gasteiger partial charge on any atom is 0.142 e. The van der Waals surface area contributed by atoms with Gasteiger partial charge in [-0.05, 0) is 35.4 Å². The molecule has 104 valence electrons. The monoisotopic (exact) mass is 293 g/mol. The van der Waals surface area contributed by atoms with Crippen molar-refractivity contribution in [1.29, 1.82) is 0 Å². The quantitative estimate of drug-likeness (QED) is 0.797. The van der Waals surface area contributed by atoms with Crippen molar-refractivity contribution in [2.75, 3.05) is 19.8 Å². The van der Waals surface area contributed by atoms with Crippen molar-refractivity contribution >= 4 is 11.6 Å². The van der Waals surface area contributed by atoms with Gasteiger partial charge < -0.3 is 9.47 Å². The van der Waals surface area contributed by atoms with E-state index in [1.54, 1.807) is 24.4 Å². The van der Waals surface area contributed by atoms with E-state index in [9.17, 15) is 4.39 Å². The van der Waals surface area contributed by atoms with Gasteiger partial charge in [0, 0.05) is 6.20 Å². The molecule has 1 aliphatic rings. The summed E-state index contributed by atoms with van der Waals surface area (Å²) in [6, 6.07) is 9.83. The van der Waals surface area contributed by atoms with Gasteiger partial charge in [0.15, 0.2) is 0 Å². The lowest BCUT2D eigenvalue weighted by Gasteiger charge is -2.38. The van der Waals surface area contributed by atoms with Gasteiger partial charge in [-0.1, -0.05) is 23.7 Å². The van der Waals surface area contributed by atoms with E-state index in [1.807, 2.05) is 6.07 Å². The van der Waals surface area contributed by atoms with Crippen LogP contribution in [0.5, 0.6) is 0 Å². The summed E-state index contributed by atoms with van der Waals surface area (Å²) < 4.78 is 24.7. The molecule has 1 aliphatic heterocycles. The zero-order valence-corrected chi connectivity index (χ0v) is 11.4. The molecule has 1 atom stereocenters. The number of halogens is 2. The first-order valence-electron chi connectivity index (χ1n) is 6.30. The molecule has 5 heteroatoms. The molecule has 3 rings (SSSR count). The molecule has 0 bridgehead atoms. The summed E-state index contributed by atoms with van der Waals surface area (Å²) in [5.41, 5.74) is 0.920. The van der Waals surface area contributed by atoms with Gasteiger partial charge in [-0.25, -0.2) is 9.37 Å². The fraction of sp³-hybridized carbons (Fsp3) is 0.267. The van der Waals surface area contributed by atoms with E-state index in [4.69, 9.17) is 21.1 Å². The molecule has 0 aliphatic carbocycles. The Balaban J connectivity index is 2.11. The van der Waals surface area contributed by atoms with Crippen LogP contribution >= 0.6 is 11.6 Å². The Morgan fingerprint density at radius 2 is 1.90 bits per heavy atom. The first-order valence-corrected chi connectivity index (χ1v) is 6.68. The van der Waals surface area contributed by atoms with Crippen molar-refractivity contribution in [2.24, 2.45) is 0 Å². The minimum absolute atomic E-state index is 0.284. The van der Waals surface area contributed by atoms with Crippen LogP contribution in [-0.2, 0) is 15.1 Å². The van der Waals surface area contributed by atoms with Crippen LogP contribution in [0.1, 0.15) is 11.1 Å². The Morgan fingerprint density at radius 3 is 2.55 bits per heavy atom. The van der Waals surface area contributed by atoms with E-state index in [-0.39, 0.29) is 5.82 Å². The molecule has 3 nitrogen and oxygen atoms in total. The van der Waals surface area contributed by atoms with Gasteiger partial charge in [0.25, 0.3) is 0 Å². The van der Waals surface area contributed by atoms with E-state index in [2.05, 4.69) is 4.98 Å². The standard InChI is InChI=1S/C15H13ClFNO2/c16-14-9-12(5-6-18-14)15(10-19-7-8-20-15)11-1-3-13(17)4-2-11/h1-6,9H,7-8,10H2. The zero-order chi connectivity index (χ0) is 14.0. The van der Waals surface area contributed by atoms with Crippen molar-refractivity contribution in [3.63, 3.8) is 0 Å². The minimum atomic E-state index is -0.765. The molecule has 0 saturated carbocycles. The number of hydrogen-bond donors (Lipinski definition) is 0. The molecule has 2 aromatic rings. The maximum absolute atomic E-state index is 13.1. The number of ether oxygens (including phenoxy) is 2. The molecular formula is C15H13ClFNO2. The minimum Gasteiger partial charge on any atom is -0.375 e. The highest BCUT2D eigenvalue weighted by molar-refractivity contribution is 6.29. The molecule has 0 spiro atoms. The Morgan fingerprint density at radius 1 is 1.10 bits per heavy atom. The summed E-state index contributed by atoms with van der Waals surface area (Å²) in [5, 5.41) is 0.387. The summed E-state index contributed by atoms with van der Waals surface area (Å²) in [6.45, 7) is 1.37. The normalized spacial score (nSPS) is 22.7. The van der Waals surface area contributed by atoms with Gasteiger partial charge in [0.2, 0.25) is 0 Å². The van der Waals surface area contributed by atoms with Crippen LogP contribution in [0.25, 0.3) is 0 Å². The van der Waals surface area contributed by atoms with E-state index in [1.165, 1.54) is 12.1 Å². The summed E-state index contributed by atoms with van der Waals surface area (Å²) in [5.74, 6) is -0.284. The molecule has 1 unspecified atom stereocenters. The van der Waals surface area contributed by atoms with Crippen molar-refractivity contribution in [1.82, 2.24) is 4.98 Å². The molecular weight excluding hydrogens is 281 g/mol. The molecule has 0 amide bonds.